The highest BCUT2D eigenvalue weighted by atomic mass is 32.2. The first-order valence-corrected chi connectivity index (χ1v) is 7.00. The van der Waals surface area contributed by atoms with E-state index in [0.29, 0.717) is 5.75 Å². The summed E-state index contributed by atoms with van der Waals surface area (Å²) < 4.78 is 31.1. The Hall–Kier alpha value is -1.63. The SMILES string of the molecule is COC(=O)C(C)CSCC(=O)Nc1c(F)cccc1F. The lowest BCUT2D eigenvalue weighted by atomic mass is 10.2. The smallest absolute Gasteiger partial charge is 0.309 e. The summed E-state index contributed by atoms with van der Waals surface area (Å²) in [4.78, 5) is 22.7. The minimum absolute atomic E-state index is 0.00485. The van der Waals surface area contributed by atoms with Crippen LogP contribution in [0.3, 0.4) is 0 Å². The van der Waals surface area contributed by atoms with Crippen molar-refractivity contribution in [2.75, 3.05) is 23.9 Å². The average molecular weight is 303 g/mol. The molecule has 1 aromatic rings. The molecule has 20 heavy (non-hydrogen) atoms. The molecular formula is C13H15F2NO3S. The van der Waals surface area contributed by atoms with Gasteiger partial charge in [0.1, 0.15) is 17.3 Å². The van der Waals surface area contributed by atoms with E-state index in [1.807, 2.05) is 0 Å². The van der Waals surface area contributed by atoms with Crippen LogP contribution < -0.4 is 5.32 Å². The molecule has 1 rings (SSSR count). The van der Waals surface area contributed by atoms with Crippen LogP contribution in [-0.2, 0) is 14.3 Å². The predicted molar refractivity (Wildman–Crippen MR) is 73.5 cm³/mol. The van der Waals surface area contributed by atoms with Crippen LogP contribution >= 0.6 is 11.8 Å². The van der Waals surface area contributed by atoms with Crippen LogP contribution in [0.15, 0.2) is 18.2 Å². The fourth-order valence-corrected chi connectivity index (χ4v) is 2.26. The van der Waals surface area contributed by atoms with Gasteiger partial charge in [0.15, 0.2) is 0 Å². The number of rotatable bonds is 6. The zero-order valence-electron chi connectivity index (χ0n) is 11.1. The van der Waals surface area contributed by atoms with Gasteiger partial charge in [0, 0.05) is 5.75 Å². The van der Waals surface area contributed by atoms with Crippen molar-refractivity contribution in [1.82, 2.24) is 0 Å². The van der Waals surface area contributed by atoms with Crippen molar-refractivity contribution < 1.29 is 23.1 Å². The van der Waals surface area contributed by atoms with E-state index in [1.165, 1.54) is 24.9 Å². The van der Waals surface area contributed by atoms with Gasteiger partial charge in [-0.05, 0) is 12.1 Å². The summed E-state index contributed by atoms with van der Waals surface area (Å²) in [5.74, 6) is -2.51. The first-order chi connectivity index (χ1) is 9.45. The van der Waals surface area contributed by atoms with Crippen molar-refractivity contribution in [3.05, 3.63) is 29.8 Å². The van der Waals surface area contributed by atoms with Gasteiger partial charge in [-0.1, -0.05) is 13.0 Å². The van der Waals surface area contributed by atoms with Crippen LogP contribution in [0.4, 0.5) is 14.5 Å². The number of carbonyl (C=O) groups is 2. The van der Waals surface area contributed by atoms with Crippen LogP contribution in [0.1, 0.15) is 6.92 Å². The van der Waals surface area contributed by atoms with Gasteiger partial charge in [-0.2, -0.15) is 11.8 Å². The topological polar surface area (TPSA) is 55.4 Å². The molecular weight excluding hydrogens is 288 g/mol. The van der Waals surface area contributed by atoms with Crippen LogP contribution in [-0.4, -0.2) is 30.5 Å². The highest BCUT2D eigenvalue weighted by Gasteiger charge is 2.15. The summed E-state index contributed by atoms with van der Waals surface area (Å²) in [6.07, 6.45) is 0. The second-order valence-corrected chi connectivity index (χ2v) is 5.11. The Balaban J connectivity index is 2.43. The van der Waals surface area contributed by atoms with Gasteiger partial charge >= 0.3 is 5.97 Å². The molecule has 0 aliphatic carbocycles. The molecule has 4 nitrogen and oxygen atoms in total. The number of nitrogens with one attached hydrogen (secondary N) is 1. The average Bonchev–Trinajstić information content (AvgIpc) is 2.42. The van der Waals surface area contributed by atoms with Crippen molar-refractivity contribution in [1.29, 1.82) is 0 Å². The van der Waals surface area contributed by atoms with Gasteiger partial charge in [-0.25, -0.2) is 8.78 Å². The summed E-state index contributed by atoms with van der Waals surface area (Å²) in [7, 11) is 1.29. The Morgan fingerprint density at radius 2 is 1.95 bits per heavy atom. The summed E-state index contributed by atoms with van der Waals surface area (Å²) in [5, 5.41) is 2.17. The van der Waals surface area contributed by atoms with Crippen molar-refractivity contribution >= 4 is 29.3 Å². The molecule has 0 aliphatic rings. The lowest BCUT2D eigenvalue weighted by molar-refractivity contribution is -0.144. The summed E-state index contributed by atoms with van der Waals surface area (Å²) in [6, 6.07) is 3.34. The Kier molecular flexibility index (Phi) is 6.44. The molecule has 1 unspecified atom stereocenters. The zero-order chi connectivity index (χ0) is 15.1. The lowest BCUT2D eigenvalue weighted by Gasteiger charge is -2.09. The number of ether oxygens (including phenoxy) is 1. The maximum atomic E-state index is 13.3. The Morgan fingerprint density at radius 3 is 2.50 bits per heavy atom. The van der Waals surface area contributed by atoms with E-state index < -0.39 is 23.2 Å². The van der Waals surface area contributed by atoms with E-state index in [0.717, 1.165) is 12.1 Å². The van der Waals surface area contributed by atoms with Gasteiger partial charge in [-0.15, -0.1) is 0 Å². The largest absolute Gasteiger partial charge is 0.469 e. The number of hydrogen-bond donors (Lipinski definition) is 1. The van der Waals surface area contributed by atoms with Gasteiger partial charge in [0.05, 0.1) is 18.8 Å². The molecule has 0 aliphatic heterocycles. The fraction of sp³-hybridized carbons (Fsp3) is 0.385. The normalized spacial score (nSPS) is 11.8. The number of carbonyl (C=O) groups excluding carboxylic acids is 2. The molecule has 1 N–H and O–H groups in total. The molecule has 0 aromatic heterocycles. The summed E-state index contributed by atoms with van der Waals surface area (Å²) in [5.41, 5.74) is -0.459. The number of thioether (sulfide) groups is 1. The highest BCUT2D eigenvalue weighted by molar-refractivity contribution is 8.00. The lowest BCUT2D eigenvalue weighted by Crippen LogP contribution is -2.19. The third kappa shape index (κ3) is 4.80. The Labute approximate surface area is 119 Å². The van der Waals surface area contributed by atoms with E-state index in [-0.39, 0.29) is 17.6 Å². The summed E-state index contributed by atoms with van der Waals surface area (Å²) >= 11 is 1.19. The summed E-state index contributed by atoms with van der Waals surface area (Å²) in [6.45, 7) is 1.67. The molecule has 0 spiro atoms. The molecule has 0 saturated carbocycles. The van der Waals surface area contributed by atoms with Crippen molar-refractivity contribution in [2.24, 2.45) is 5.92 Å². The van der Waals surface area contributed by atoms with Crippen molar-refractivity contribution in [2.45, 2.75) is 6.92 Å². The van der Waals surface area contributed by atoms with Gasteiger partial charge < -0.3 is 10.1 Å². The highest BCUT2D eigenvalue weighted by Crippen LogP contribution is 2.18. The quantitative estimate of drug-likeness (QED) is 0.820. The molecule has 0 saturated heterocycles. The van der Waals surface area contributed by atoms with Crippen LogP contribution in [0.25, 0.3) is 0 Å². The Bertz CT molecular complexity index is 476. The van der Waals surface area contributed by atoms with Gasteiger partial charge in [0.25, 0.3) is 0 Å². The molecule has 110 valence electrons. The third-order valence-corrected chi connectivity index (χ3v) is 3.63. The van der Waals surface area contributed by atoms with Crippen molar-refractivity contribution in [3.63, 3.8) is 0 Å². The number of anilines is 1. The van der Waals surface area contributed by atoms with Crippen molar-refractivity contribution in [3.8, 4) is 0 Å². The standard InChI is InChI=1S/C13H15F2NO3S/c1-8(13(18)19-2)6-20-7-11(17)16-12-9(14)4-3-5-10(12)15/h3-5,8H,6-7H2,1-2H3,(H,16,17). The minimum atomic E-state index is -0.828. The first-order valence-electron chi connectivity index (χ1n) is 5.85. The third-order valence-electron chi connectivity index (χ3n) is 2.43. The molecule has 7 heteroatoms. The molecule has 0 heterocycles. The predicted octanol–water partition coefficient (Wildman–Crippen LogP) is 2.45. The monoisotopic (exact) mass is 303 g/mol. The van der Waals surface area contributed by atoms with Gasteiger partial charge in [-0.3, -0.25) is 9.59 Å². The number of benzene rings is 1. The van der Waals surface area contributed by atoms with E-state index in [2.05, 4.69) is 10.1 Å². The van der Waals surface area contributed by atoms with Crippen LogP contribution in [0.2, 0.25) is 0 Å². The second-order valence-electron chi connectivity index (χ2n) is 4.08. The number of halogens is 2. The maximum Gasteiger partial charge on any atom is 0.309 e. The second kappa shape index (κ2) is 7.84. The van der Waals surface area contributed by atoms with Gasteiger partial charge in [0.2, 0.25) is 5.91 Å². The zero-order valence-corrected chi connectivity index (χ0v) is 11.9. The van der Waals surface area contributed by atoms with Crippen LogP contribution in [0.5, 0.6) is 0 Å². The van der Waals surface area contributed by atoms with E-state index in [1.54, 1.807) is 6.92 Å². The van der Waals surface area contributed by atoms with Crippen LogP contribution in [0, 0.1) is 17.6 Å². The molecule has 1 atom stereocenters. The minimum Gasteiger partial charge on any atom is -0.469 e. The molecule has 0 bridgehead atoms. The number of para-hydroxylation sites is 1. The number of methoxy groups -OCH3 is 1. The fourth-order valence-electron chi connectivity index (χ4n) is 1.39. The number of esters is 1. The number of hydrogen-bond acceptors (Lipinski definition) is 4. The first kappa shape index (κ1) is 16.4. The number of amides is 1. The molecule has 1 aromatic carbocycles. The van der Waals surface area contributed by atoms with E-state index in [9.17, 15) is 18.4 Å². The maximum absolute atomic E-state index is 13.3. The van der Waals surface area contributed by atoms with E-state index >= 15 is 0 Å². The van der Waals surface area contributed by atoms with E-state index in [4.69, 9.17) is 0 Å². The molecule has 0 radical (unpaired) electrons. The molecule has 0 fully saturated rings. The Morgan fingerprint density at radius 1 is 1.35 bits per heavy atom. The molecule has 1 amide bonds.